The lowest BCUT2D eigenvalue weighted by molar-refractivity contribution is -0.137. The minimum atomic E-state index is -0.753. The van der Waals surface area contributed by atoms with Gasteiger partial charge in [-0.25, -0.2) is 0 Å². The van der Waals surface area contributed by atoms with Gasteiger partial charge in [-0.2, -0.15) is 0 Å². The quantitative estimate of drug-likeness (QED) is 0.634. The van der Waals surface area contributed by atoms with Crippen LogP contribution < -0.4 is 11.1 Å². The molecule has 0 aromatic rings. The first-order valence-corrected chi connectivity index (χ1v) is 7.65. The Morgan fingerprint density at radius 2 is 2.15 bits per heavy atom. The summed E-state index contributed by atoms with van der Waals surface area (Å²) in [6.07, 6.45) is 5.45. The van der Waals surface area contributed by atoms with E-state index >= 15 is 0 Å². The van der Waals surface area contributed by atoms with Crippen LogP contribution >= 0.6 is 0 Å². The first kappa shape index (κ1) is 17.0. The van der Waals surface area contributed by atoms with E-state index in [1.807, 2.05) is 6.92 Å². The van der Waals surface area contributed by atoms with Crippen LogP contribution in [0.25, 0.3) is 0 Å². The fourth-order valence-corrected chi connectivity index (χ4v) is 2.95. The van der Waals surface area contributed by atoms with Crippen molar-refractivity contribution < 1.29 is 14.7 Å². The predicted molar refractivity (Wildman–Crippen MR) is 78.2 cm³/mol. The SMILES string of the molecule is CCC(CCNC(=O)C1(C)CCCC1N)CCC(=O)O. The van der Waals surface area contributed by atoms with E-state index in [4.69, 9.17) is 10.8 Å². The molecule has 0 saturated heterocycles. The van der Waals surface area contributed by atoms with Gasteiger partial charge < -0.3 is 16.2 Å². The first-order valence-electron chi connectivity index (χ1n) is 7.65. The number of carbonyl (C=O) groups is 2. The summed E-state index contributed by atoms with van der Waals surface area (Å²) in [5, 5.41) is 11.7. The van der Waals surface area contributed by atoms with Gasteiger partial charge in [-0.3, -0.25) is 9.59 Å². The van der Waals surface area contributed by atoms with Crippen molar-refractivity contribution in [1.29, 1.82) is 0 Å². The first-order chi connectivity index (χ1) is 9.40. The van der Waals surface area contributed by atoms with Crippen molar-refractivity contribution in [2.45, 2.75) is 64.8 Å². The molecule has 1 amide bonds. The molecule has 5 nitrogen and oxygen atoms in total. The van der Waals surface area contributed by atoms with Crippen molar-refractivity contribution >= 4 is 11.9 Å². The summed E-state index contributed by atoms with van der Waals surface area (Å²) < 4.78 is 0. The summed E-state index contributed by atoms with van der Waals surface area (Å²) in [7, 11) is 0. The molecule has 0 spiro atoms. The Balaban J connectivity index is 2.32. The number of amides is 1. The van der Waals surface area contributed by atoms with Crippen LogP contribution in [-0.2, 0) is 9.59 Å². The van der Waals surface area contributed by atoms with Crippen molar-refractivity contribution in [1.82, 2.24) is 5.32 Å². The minimum absolute atomic E-state index is 0.0449. The number of nitrogens with one attached hydrogen (secondary N) is 1. The zero-order valence-corrected chi connectivity index (χ0v) is 12.7. The van der Waals surface area contributed by atoms with E-state index < -0.39 is 11.4 Å². The molecule has 1 fully saturated rings. The highest BCUT2D eigenvalue weighted by Gasteiger charge is 2.42. The van der Waals surface area contributed by atoms with Crippen molar-refractivity contribution in [3.63, 3.8) is 0 Å². The van der Waals surface area contributed by atoms with E-state index in [0.29, 0.717) is 18.9 Å². The average Bonchev–Trinajstić information content (AvgIpc) is 2.74. The Kier molecular flexibility index (Phi) is 6.46. The molecule has 4 N–H and O–H groups in total. The van der Waals surface area contributed by atoms with Gasteiger partial charge in [0.15, 0.2) is 0 Å². The Morgan fingerprint density at radius 3 is 2.65 bits per heavy atom. The molecule has 0 radical (unpaired) electrons. The zero-order valence-electron chi connectivity index (χ0n) is 12.7. The third-order valence-electron chi connectivity index (χ3n) is 4.73. The Bertz CT molecular complexity index is 346. The Labute approximate surface area is 121 Å². The molecule has 0 bridgehead atoms. The van der Waals surface area contributed by atoms with Crippen LogP contribution in [0.1, 0.15) is 58.8 Å². The second kappa shape index (κ2) is 7.62. The van der Waals surface area contributed by atoms with Gasteiger partial charge in [0.05, 0.1) is 5.41 Å². The topological polar surface area (TPSA) is 92.4 Å². The van der Waals surface area contributed by atoms with E-state index in [2.05, 4.69) is 12.2 Å². The maximum absolute atomic E-state index is 12.2. The lowest BCUT2D eigenvalue weighted by atomic mass is 9.84. The molecule has 20 heavy (non-hydrogen) atoms. The van der Waals surface area contributed by atoms with Gasteiger partial charge in [0, 0.05) is 19.0 Å². The minimum Gasteiger partial charge on any atom is -0.481 e. The number of hydrogen-bond donors (Lipinski definition) is 3. The van der Waals surface area contributed by atoms with Crippen molar-refractivity contribution in [3.05, 3.63) is 0 Å². The monoisotopic (exact) mass is 284 g/mol. The van der Waals surface area contributed by atoms with Crippen molar-refractivity contribution in [2.75, 3.05) is 6.54 Å². The molecule has 0 aromatic carbocycles. The third-order valence-corrected chi connectivity index (χ3v) is 4.73. The lowest BCUT2D eigenvalue weighted by Gasteiger charge is -2.28. The van der Waals surface area contributed by atoms with Crippen LogP contribution in [0.4, 0.5) is 0 Å². The second-order valence-corrected chi connectivity index (χ2v) is 6.17. The predicted octanol–water partition coefficient (Wildman–Crippen LogP) is 1.90. The maximum Gasteiger partial charge on any atom is 0.303 e. The number of rotatable bonds is 8. The highest BCUT2D eigenvalue weighted by atomic mass is 16.4. The van der Waals surface area contributed by atoms with Gasteiger partial charge >= 0.3 is 5.97 Å². The number of carboxylic acids is 1. The second-order valence-electron chi connectivity index (χ2n) is 6.17. The molecule has 0 aliphatic heterocycles. The van der Waals surface area contributed by atoms with Gasteiger partial charge in [0.25, 0.3) is 0 Å². The molecule has 5 heteroatoms. The highest BCUT2D eigenvalue weighted by molar-refractivity contribution is 5.83. The normalized spacial score (nSPS) is 27.2. The summed E-state index contributed by atoms with van der Waals surface area (Å²) in [4.78, 5) is 22.8. The van der Waals surface area contributed by atoms with Gasteiger partial charge in [-0.1, -0.05) is 19.8 Å². The molecule has 1 aliphatic carbocycles. The van der Waals surface area contributed by atoms with E-state index in [0.717, 1.165) is 32.1 Å². The number of nitrogens with two attached hydrogens (primary N) is 1. The van der Waals surface area contributed by atoms with E-state index in [1.54, 1.807) is 0 Å². The van der Waals surface area contributed by atoms with Crippen LogP contribution in [-0.4, -0.2) is 29.6 Å². The zero-order chi connectivity index (χ0) is 15.2. The lowest BCUT2D eigenvalue weighted by Crippen LogP contribution is -2.47. The Hall–Kier alpha value is -1.10. The molecule has 3 unspecified atom stereocenters. The molecular weight excluding hydrogens is 256 g/mol. The largest absolute Gasteiger partial charge is 0.481 e. The molecule has 1 aliphatic rings. The van der Waals surface area contributed by atoms with E-state index in [9.17, 15) is 9.59 Å². The van der Waals surface area contributed by atoms with Gasteiger partial charge in [-0.15, -0.1) is 0 Å². The fourth-order valence-electron chi connectivity index (χ4n) is 2.95. The summed E-state index contributed by atoms with van der Waals surface area (Å²) >= 11 is 0. The van der Waals surface area contributed by atoms with Crippen molar-refractivity contribution in [3.8, 4) is 0 Å². The van der Waals surface area contributed by atoms with Gasteiger partial charge in [-0.05, 0) is 38.5 Å². The maximum atomic E-state index is 12.2. The standard InChI is InChI=1S/C15H28N2O3/c1-3-11(6-7-13(18)19)8-10-17-14(20)15(2)9-4-5-12(15)16/h11-12H,3-10,16H2,1-2H3,(H,17,20)(H,18,19). The summed E-state index contributed by atoms with van der Waals surface area (Å²) in [5.41, 5.74) is 5.60. The molecule has 0 heterocycles. The van der Waals surface area contributed by atoms with Gasteiger partial charge in [0.1, 0.15) is 0 Å². The van der Waals surface area contributed by atoms with Crippen LogP contribution in [0.3, 0.4) is 0 Å². The van der Waals surface area contributed by atoms with Crippen LogP contribution in [0.5, 0.6) is 0 Å². The summed E-state index contributed by atoms with van der Waals surface area (Å²) in [5.74, 6) is -0.344. The summed E-state index contributed by atoms with van der Waals surface area (Å²) in [6, 6.07) is -0.0449. The molecule has 1 rings (SSSR count). The van der Waals surface area contributed by atoms with E-state index in [-0.39, 0.29) is 18.4 Å². The highest BCUT2D eigenvalue weighted by Crippen LogP contribution is 2.36. The van der Waals surface area contributed by atoms with Crippen LogP contribution in [0.15, 0.2) is 0 Å². The fraction of sp³-hybridized carbons (Fsp3) is 0.867. The number of aliphatic carboxylic acids is 1. The smallest absolute Gasteiger partial charge is 0.303 e. The molecule has 0 aromatic heterocycles. The van der Waals surface area contributed by atoms with Crippen LogP contribution in [0, 0.1) is 11.3 Å². The van der Waals surface area contributed by atoms with Gasteiger partial charge in [0.2, 0.25) is 5.91 Å². The number of carboxylic acid groups (broad SMARTS) is 1. The molecular formula is C15H28N2O3. The summed E-state index contributed by atoms with van der Waals surface area (Å²) in [6.45, 7) is 4.61. The number of hydrogen-bond acceptors (Lipinski definition) is 3. The molecule has 116 valence electrons. The Morgan fingerprint density at radius 1 is 1.45 bits per heavy atom. The average molecular weight is 284 g/mol. The molecule has 1 saturated carbocycles. The third kappa shape index (κ3) is 4.47. The van der Waals surface area contributed by atoms with Crippen LogP contribution in [0.2, 0.25) is 0 Å². The van der Waals surface area contributed by atoms with E-state index in [1.165, 1.54) is 0 Å². The van der Waals surface area contributed by atoms with Crippen molar-refractivity contribution in [2.24, 2.45) is 17.1 Å². The number of carbonyl (C=O) groups excluding carboxylic acids is 1. The molecule has 3 atom stereocenters.